The van der Waals surface area contributed by atoms with Crippen LogP contribution in [-0.4, -0.2) is 18.2 Å². The molecule has 0 spiro atoms. The molecule has 0 radical (unpaired) electrons. The predicted molar refractivity (Wildman–Crippen MR) is 68.7 cm³/mol. The molecule has 0 bridgehead atoms. The Kier molecular flexibility index (Phi) is 3.39. The van der Waals surface area contributed by atoms with E-state index in [1.807, 2.05) is 13.0 Å². The van der Waals surface area contributed by atoms with Gasteiger partial charge in [-0.25, -0.2) is 0 Å². The van der Waals surface area contributed by atoms with Gasteiger partial charge in [0.1, 0.15) is 12.0 Å². The summed E-state index contributed by atoms with van der Waals surface area (Å²) in [5.41, 5.74) is 0.697. The zero-order valence-corrected chi connectivity index (χ0v) is 11.0. The Labute approximate surface area is 112 Å². The molecule has 4 nitrogen and oxygen atoms in total. The molecule has 4 heteroatoms. The highest BCUT2D eigenvalue weighted by Crippen LogP contribution is 2.48. The number of benzene rings is 1. The number of nitriles is 1. The maximum atomic E-state index is 11.7. The molecule has 0 heterocycles. The predicted octanol–water partition coefficient (Wildman–Crippen LogP) is 2.18. The number of carbonyl (C=O) groups excluding carboxylic acids is 2. The number of rotatable bonds is 5. The molecule has 1 atom stereocenters. The minimum atomic E-state index is -0.752. The lowest BCUT2D eigenvalue weighted by molar-refractivity contribution is -0.131. The van der Waals surface area contributed by atoms with Crippen LogP contribution in [-0.2, 0) is 9.59 Å². The summed E-state index contributed by atoms with van der Waals surface area (Å²) in [6, 6.07) is 7.13. The first-order valence-electron chi connectivity index (χ1n) is 6.16. The van der Waals surface area contributed by atoms with Gasteiger partial charge in [-0.1, -0.05) is 0 Å². The summed E-state index contributed by atoms with van der Waals surface area (Å²) in [6.45, 7) is 3.28. The zero-order valence-electron chi connectivity index (χ0n) is 11.0. The van der Waals surface area contributed by atoms with Crippen molar-refractivity contribution >= 4 is 12.1 Å². The van der Waals surface area contributed by atoms with E-state index in [1.54, 1.807) is 18.2 Å². The standard InChI is InChI=1S/C15H15NO3/c1-10-5-12(8-16)7-13(6-10)19-14(11(2)18)15(9-17)3-4-15/h5-7,9,14H,3-4H2,1-2H3. The normalized spacial score (nSPS) is 17.1. The largest absolute Gasteiger partial charge is 0.482 e. The smallest absolute Gasteiger partial charge is 0.171 e. The average Bonchev–Trinajstić information content (AvgIpc) is 3.15. The average molecular weight is 257 g/mol. The molecule has 1 aromatic carbocycles. The second kappa shape index (κ2) is 4.85. The van der Waals surface area contributed by atoms with Crippen molar-refractivity contribution in [3.8, 4) is 11.8 Å². The number of aryl methyl sites for hydroxylation is 1. The lowest BCUT2D eigenvalue weighted by Crippen LogP contribution is -2.36. The summed E-state index contributed by atoms with van der Waals surface area (Å²) >= 11 is 0. The third kappa shape index (κ3) is 2.65. The zero-order chi connectivity index (χ0) is 14.0. The number of nitrogens with zero attached hydrogens (tertiary/aromatic N) is 1. The van der Waals surface area contributed by atoms with Crippen LogP contribution >= 0.6 is 0 Å². The summed E-state index contributed by atoms with van der Waals surface area (Å²) in [5, 5.41) is 8.92. The molecule has 98 valence electrons. The molecule has 0 aromatic heterocycles. The van der Waals surface area contributed by atoms with Crippen molar-refractivity contribution < 1.29 is 14.3 Å². The number of ether oxygens (including phenoxy) is 1. The summed E-state index contributed by atoms with van der Waals surface area (Å²) in [6.07, 6.45) is 1.42. The Balaban J connectivity index is 2.28. The second-order valence-electron chi connectivity index (χ2n) is 5.11. The molecule has 1 aliphatic carbocycles. The first-order valence-corrected chi connectivity index (χ1v) is 6.16. The van der Waals surface area contributed by atoms with Crippen molar-refractivity contribution in [2.45, 2.75) is 32.8 Å². The monoisotopic (exact) mass is 257 g/mol. The molecule has 0 aliphatic heterocycles. The Bertz CT molecular complexity index is 567. The number of hydrogen-bond acceptors (Lipinski definition) is 4. The highest BCUT2D eigenvalue weighted by atomic mass is 16.5. The lowest BCUT2D eigenvalue weighted by Gasteiger charge is -2.21. The number of hydrogen-bond donors (Lipinski definition) is 0. The van der Waals surface area contributed by atoms with Crippen molar-refractivity contribution in [2.75, 3.05) is 0 Å². The lowest BCUT2D eigenvalue weighted by atomic mass is 9.98. The molecular weight excluding hydrogens is 242 g/mol. The third-order valence-electron chi connectivity index (χ3n) is 3.39. The van der Waals surface area contributed by atoms with Crippen LogP contribution in [0.4, 0.5) is 0 Å². The van der Waals surface area contributed by atoms with Crippen molar-refractivity contribution in [3.63, 3.8) is 0 Å². The van der Waals surface area contributed by atoms with Crippen LogP contribution in [0.15, 0.2) is 18.2 Å². The highest BCUT2D eigenvalue weighted by Gasteiger charge is 2.53. The van der Waals surface area contributed by atoms with E-state index in [0.29, 0.717) is 24.2 Å². The van der Waals surface area contributed by atoms with Crippen LogP contribution in [0.5, 0.6) is 5.75 Å². The van der Waals surface area contributed by atoms with E-state index in [4.69, 9.17) is 10.00 Å². The minimum Gasteiger partial charge on any atom is -0.482 e. The maximum absolute atomic E-state index is 11.7. The van der Waals surface area contributed by atoms with Crippen molar-refractivity contribution in [1.29, 1.82) is 5.26 Å². The maximum Gasteiger partial charge on any atom is 0.171 e. The van der Waals surface area contributed by atoms with Crippen LogP contribution < -0.4 is 4.74 Å². The fourth-order valence-corrected chi connectivity index (χ4v) is 2.21. The molecule has 19 heavy (non-hydrogen) atoms. The minimum absolute atomic E-state index is 0.162. The van der Waals surface area contributed by atoms with Gasteiger partial charge in [0.15, 0.2) is 11.9 Å². The summed E-state index contributed by atoms with van der Waals surface area (Å²) < 4.78 is 5.69. The SMILES string of the molecule is CC(=O)C(Oc1cc(C)cc(C#N)c1)C1(C=O)CC1. The highest BCUT2D eigenvalue weighted by molar-refractivity contribution is 5.87. The van der Waals surface area contributed by atoms with Gasteiger partial charge in [0.25, 0.3) is 0 Å². The van der Waals surface area contributed by atoms with Crippen molar-refractivity contribution in [1.82, 2.24) is 0 Å². The molecule has 1 unspecified atom stereocenters. The Morgan fingerprint density at radius 2 is 2.16 bits per heavy atom. The molecule has 1 fully saturated rings. The van der Waals surface area contributed by atoms with Gasteiger partial charge in [0.05, 0.1) is 17.0 Å². The van der Waals surface area contributed by atoms with Gasteiger partial charge < -0.3 is 9.53 Å². The van der Waals surface area contributed by atoms with Gasteiger partial charge >= 0.3 is 0 Å². The summed E-state index contributed by atoms with van der Waals surface area (Å²) in [4.78, 5) is 22.8. The van der Waals surface area contributed by atoms with E-state index < -0.39 is 11.5 Å². The summed E-state index contributed by atoms with van der Waals surface area (Å²) in [5.74, 6) is 0.300. The topological polar surface area (TPSA) is 67.2 Å². The first-order chi connectivity index (χ1) is 9.00. The Morgan fingerprint density at radius 3 is 2.63 bits per heavy atom. The van der Waals surface area contributed by atoms with Crippen LogP contribution in [0.3, 0.4) is 0 Å². The van der Waals surface area contributed by atoms with Crippen LogP contribution in [0, 0.1) is 23.7 Å². The third-order valence-corrected chi connectivity index (χ3v) is 3.39. The molecule has 0 N–H and O–H groups in total. The van der Waals surface area contributed by atoms with E-state index in [9.17, 15) is 9.59 Å². The Morgan fingerprint density at radius 1 is 1.47 bits per heavy atom. The van der Waals surface area contributed by atoms with Gasteiger partial charge in [-0.05, 0) is 50.5 Å². The molecule has 2 rings (SSSR count). The van der Waals surface area contributed by atoms with Crippen LogP contribution in [0.2, 0.25) is 0 Å². The number of aldehydes is 1. The van der Waals surface area contributed by atoms with E-state index >= 15 is 0 Å². The van der Waals surface area contributed by atoms with Gasteiger partial charge in [-0.3, -0.25) is 4.79 Å². The molecule has 0 amide bonds. The number of Topliss-reactive ketones (excluding diaryl/α,β-unsaturated/α-hetero) is 1. The molecule has 1 saturated carbocycles. The van der Waals surface area contributed by atoms with Crippen LogP contribution in [0.25, 0.3) is 0 Å². The molecular formula is C15H15NO3. The van der Waals surface area contributed by atoms with E-state index in [1.165, 1.54) is 6.92 Å². The number of carbonyl (C=O) groups is 2. The van der Waals surface area contributed by atoms with Gasteiger partial charge in [0, 0.05) is 0 Å². The number of ketones is 1. The van der Waals surface area contributed by atoms with Crippen molar-refractivity contribution in [3.05, 3.63) is 29.3 Å². The van der Waals surface area contributed by atoms with Gasteiger partial charge in [-0.2, -0.15) is 5.26 Å². The molecule has 0 saturated heterocycles. The van der Waals surface area contributed by atoms with Gasteiger partial charge in [0.2, 0.25) is 0 Å². The quantitative estimate of drug-likeness (QED) is 0.758. The molecule has 1 aromatic rings. The van der Waals surface area contributed by atoms with E-state index in [0.717, 1.165) is 11.8 Å². The molecule has 1 aliphatic rings. The van der Waals surface area contributed by atoms with Crippen LogP contribution in [0.1, 0.15) is 30.9 Å². The van der Waals surface area contributed by atoms with E-state index in [2.05, 4.69) is 0 Å². The first kappa shape index (κ1) is 13.3. The summed E-state index contributed by atoms with van der Waals surface area (Å²) in [7, 11) is 0. The fraction of sp³-hybridized carbons (Fsp3) is 0.400. The second-order valence-corrected chi connectivity index (χ2v) is 5.11. The fourth-order valence-electron chi connectivity index (χ4n) is 2.21. The van der Waals surface area contributed by atoms with Crippen molar-refractivity contribution in [2.24, 2.45) is 5.41 Å². The van der Waals surface area contributed by atoms with E-state index in [-0.39, 0.29) is 5.78 Å². The van der Waals surface area contributed by atoms with Gasteiger partial charge in [-0.15, -0.1) is 0 Å². The Hall–Kier alpha value is -2.15.